The number of rotatable bonds is 6. The average Bonchev–Trinajstić information content (AvgIpc) is 2.59. The lowest BCUT2D eigenvalue weighted by Gasteiger charge is -2.36. The summed E-state index contributed by atoms with van der Waals surface area (Å²) in [6.45, 7) is -0.0982. The molecule has 0 saturated heterocycles. The zero-order valence-electron chi connectivity index (χ0n) is 15.2. The summed E-state index contributed by atoms with van der Waals surface area (Å²) >= 11 is 0. The number of nitrogens with two attached hydrogens (primary N) is 1. The summed E-state index contributed by atoms with van der Waals surface area (Å²) in [4.78, 5) is 13.9. The van der Waals surface area contributed by atoms with E-state index < -0.39 is 23.4 Å². The molecule has 0 bridgehead atoms. The van der Waals surface area contributed by atoms with Gasteiger partial charge in [0, 0.05) is 13.6 Å². The molecule has 27 heavy (non-hydrogen) atoms. The highest BCUT2D eigenvalue weighted by molar-refractivity contribution is 5.86. The smallest absolute Gasteiger partial charge is 0.416 e. The van der Waals surface area contributed by atoms with Crippen LogP contribution in [0.1, 0.15) is 37.7 Å². The molecular weight excluding hydrogens is 385 g/mol. The van der Waals surface area contributed by atoms with Gasteiger partial charge in [0.1, 0.15) is 18.5 Å². The first-order valence-corrected chi connectivity index (χ1v) is 8.64. The summed E-state index contributed by atoms with van der Waals surface area (Å²) in [5.74, 6) is 0.0133. The third-order valence-electron chi connectivity index (χ3n) is 4.63. The molecular formula is C18H26ClF3N2O3. The van der Waals surface area contributed by atoms with E-state index in [0.717, 1.165) is 31.4 Å². The molecule has 0 radical (unpaired) electrons. The summed E-state index contributed by atoms with van der Waals surface area (Å²) in [5.41, 5.74) is 4.56. The Morgan fingerprint density at radius 2 is 1.81 bits per heavy atom. The molecule has 9 heteroatoms. The number of likely N-dealkylation sites (N-methyl/N-ethyl adjacent to an activating group) is 1. The second-order valence-corrected chi connectivity index (χ2v) is 6.89. The third-order valence-corrected chi connectivity index (χ3v) is 4.63. The summed E-state index contributed by atoms with van der Waals surface area (Å²) in [7, 11) is 1.58. The highest BCUT2D eigenvalue weighted by Crippen LogP contribution is 2.30. The van der Waals surface area contributed by atoms with E-state index in [2.05, 4.69) is 0 Å². The molecule has 0 aliphatic heterocycles. The highest BCUT2D eigenvalue weighted by atomic mass is 35.5. The molecule has 1 aliphatic rings. The fraction of sp³-hybridized carbons (Fsp3) is 0.611. The van der Waals surface area contributed by atoms with E-state index in [9.17, 15) is 23.1 Å². The van der Waals surface area contributed by atoms with Crippen LogP contribution in [0.5, 0.6) is 5.75 Å². The van der Waals surface area contributed by atoms with Crippen molar-refractivity contribution in [2.45, 2.75) is 49.9 Å². The number of nitrogens with zero attached hydrogens (tertiary/aromatic N) is 1. The minimum Gasteiger partial charge on any atom is -0.491 e. The van der Waals surface area contributed by atoms with Crippen molar-refractivity contribution in [3.05, 3.63) is 29.8 Å². The van der Waals surface area contributed by atoms with Gasteiger partial charge in [-0.3, -0.25) is 4.79 Å². The normalized spacial score (nSPS) is 17.6. The molecule has 1 aromatic rings. The molecule has 1 saturated carbocycles. The zero-order valence-corrected chi connectivity index (χ0v) is 16.0. The van der Waals surface area contributed by atoms with Crippen LogP contribution in [0.15, 0.2) is 24.3 Å². The van der Waals surface area contributed by atoms with Crippen molar-refractivity contribution >= 4 is 18.3 Å². The molecule has 1 aromatic carbocycles. The number of aliphatic hydroxyl groups is 1. The highest BCUT2D eigenvalue weighted by Gasteiger charge is 2.37. The van der Waals surface area contributed by atoms with Crippen LogP contribution in [0, 0.1) is 0 Å². The fourth-order valence-corrected chi connectivity index (χ4v) is 3.16. The predicted molar refractivity (Wildman–Crippen MR) is 97.8 cm³/mol. The van der Waals surface area contributed by atoms with Crippen LogP contribution in [0.3, 0.4) is 0 Å². The van der Waals surface area contributed by atoms with E-state index >= 15 is 0 Å². The Balaban J connectivity index is 0.00000364. The van der Waals surface area contributed by atoms with Crippen molar-refractivity contribution in [2.75, 3.05) is 20.2 Å². The lowest BCUT2D eigenvalue weighted by Crippen LogP contribution is -2.56. The third kappa shape index (κ3) is 6.55. The van der Waals surface area contributed by atoms with Gasteiger partial charge in [-0.25, -0.2) is 0 Å². The van der Waals surface area contributed by atoms with Crippen molar-refractivity contribution in [2.24, 2.45) is 5.73 Å². The van der Waals surface area contributed by atoms with Crippen LogP contribution in [0.4, 0.5) is 13.2 Å². The first-order chi connectivity index (χ1) is 12.1. The Morgan fingerprint density at radius 3 is 2.33 bits per heavy atom. The summed E-state index contributed by atoms with van der Waals surface area (Å²) < 4.78 is 42.8. The molecule has 0 spiro atoms. The lowest BCUT2D eigenvalue weighted by molar-refractivity contribution is -0.138. The van der Waals surface area contributed by atoms with Gasteiger partial charge in [-0.05, 0) is 37.1 Å². The Morgan fingerprint density at radius 1 is 1.26 bits per heavy atom. The Labute approximate surface area is 163 Å². The molecule has 154 valence electrons. The quantitative estimate of drug-likeness (QED) is 0.756. The number of alkyl halides is 3. The first-order valence-electron chi connectivity index (χ1n) is 8.64. The maximum absolute atomic E-state index is 12.5. The predicted octanol–water partition coefficient (Wildman–Crippen LogP) is 2.99. The topological polar surface area (TPSA) is 75.8 Å². The number of amides is 1. The summed E-state index contributed by atoms with van der Waals surface area (Å²) in [5, 5.41) is 10.1. The average molecular weight is 411 g/mol. The van der Waals surface area contributed by atoms with E-state index in [4.69, 9.17) is 10.5 Å². The van der Waals surface area contributed by atoms with Crippen LogP contribution >= 0.6 is 12.4 Å². The molecule has 0 heterocycles. The van der Waals surface area contributed by atoms with Gasteiger partial charge in [-0.2, -0.15) is 13.2 Å². The molecule has 0 aromatic heterocycles. The number of hydrogen-bond acceptors (Lipinski definition) is 4. The molecule has 5 nitrogen and oxygen atoms in total. The maximum Gasteiger partial charge on any atom is 0.416 e. The number of aliphatic hydroxyl groups excluding tert-OH is 1. The van der Waals surface area contributed by atoms with E-state index in [-0.39, 0.29) is 37.2 Å². The number of carbonyl (C=O) groups is 1. The second kappa shape index (κ2) is 9.61. The van der Waals surface area contributed by atoms with E-state index in [0.29, 0.717) is 12.8 Å². The minimum atomic E-state index is -4.40. The van der Waals surface area contributed by atoms with Crippen LogP contribution in [-0.4, -0.2) is 47.8 Å². The van der Waals surface area contributed by atoms with Crippen molar-refractivity contribution in [1.29, 1.82) is 0 Å². The standard InChI is InChI=1S/C18H25F3N2O3.ClH/c1-23(16(25)17(22)9-3-2-4-10-17)11-14(24)12-26-15-7-5-13(6-8-15)18(19,20)21;/h5-8,14,24H,2-4,9-12,22H2,1H3;1H. The van der Waals surface area contributed by atoms with Gasteiger partial charge in [0.2, 0.25) is 5.91 Å². The van der Waals surface area contributed by atoms with Crippen LogP contribution in [-0.2, 0) is 11.0 Å². The monoisotopic (exact) mass is 410 g/mol. The minimum absolute atomic E-state index is 0. The fourth-order valence-electron chi connectivity index (χ4n) is 3.16. The van der Waals surface area contributed by atoms with Crippen molar-refractivity contribution in [1.82, 2.24) is 4.90 Å². The Bertz CT molecular complexity index is 605. The Hall–Kier alpha value is -1.51. The van der Waals surface area contributed by atoms with Crippen molar-refractivity contribution in [3.8, 4) is 5.75 Å². The van der Waals surface area contributed by atoms with Crippen LogP contribution < -0.4 is 10.5 Å². The molecule has 2 rings (SSSR count). The van der Waals surface area contributed by atoms with Crippen LogP contribution in [0.2, 0.25) is 0 Å². The number of ether oxygens (including phenoxy) is 1. The lowest BCUT2D eigenvalue weighted by atomic mass is 9.81. The number of benzene rings is 1. The second-order valence-electron chi connectivity index (χ2n) is 6.89. The van der Waals surface area contributed by atoms with Crippen molar-refractivity contribution < 1.29 is 27.8 Å². The van der Waals surface area contributed by atoms with Gasteiger partial charge >= 0.3 is 6.18 Å². The zero-order chi connectivity index (χ0) is 19.4. The molecule has 1 amide bonds. The molecule has 3 N–H and O–H groups in total. The van der Waals surface area contributed by atoms with Gasteiger partial charge < -0.3 is 20.5 Å². The summed E-state index contributed by atoms with van der Waals surface area (Å²) in [6, 6.07) is 4.22. The van der Waals surface area contributed by atoms with E-state index in [1.807, 2.05) is 0 Å². The SMILES string of the molecule is CN(CC(O)COc1ccc(C(F)(F)F)cc1)C(=O)C1(N)CCCCC1.Cl. The molecule has 1 fully saturated rings. The molecule has 1 atom stereocenters. The van der Waals surface area contributed by atoms with Gasteiger partial charge in [0.05, 0.1) is 11.1 Å². The van der Waals surface area contributed by atoms with Crippen molar-refractivity contribution in [3.63, 3.8) is 0 Å². The first kappa shape index (κ1) is 23.5. The molecule has 1 aliphatic carbocycles. The van der Waals surface area contributed by atoms with Crippen LogP contribution in [0.25, 0.3) is 0 Å². The number of carbonyl (C=O) groups excluding carboxylic acids is 1. The van der Waals surface area contributed by atoms with E-state index in [1.54, 1.807) is 7.05 Å². The maximum atomic E-state index is 12.5. The van der Waals surface area contributed by atoms with Gasteiger partial charge in [0.25, 0.3) is 0 Å². The largest absolute Gasteiger partial charge is 0.491 e. The number of halogens is 4. The molecule has 1 unspecified atom stereocenters. The number of hydrogen-bond donors (Lipinski definition) is 2. The van der Waals surface area contributed by atoms with Gasteiger partial charge in [-0.15, -0.1) is 12.4 Å². The van der Waals surface area contributed by atoms with E-state index in [1.165, 1.54) is 17.0 Å². The summed E-state index contributed by atoms with van der Waals surface area (Å²) in [6.07, 6.45) is -1.22. The van der Waals surface area contributed by atoms with Gasteiger partial charge in [-0.1, -0.05) is 19.3 Å². The van der Waals surface area contributed by atoms with Gasteiger partial charge in [0.15, 0.2) is 0 Å². The Kier molecular flexibility index (Phi) is 8.38.